The van der Waals surface area contributed by atoms with Gasteiger partial charge in [-0.3, -0.25) is 4.79 Å². The number of hydrogen-bond acceptors (Lipinski definition) is 2. The SMILES string of the molecule is C=C/C=C\C(=C)N(C)CCN(C)C(C)=O. The van der Waals surface area contributed by atoms with Crippen LogP contribution in [0.2, 0.25) is 0 Å². The number of amides is 1. The Morgan fingerprint density at radius 3 is 2.27 bits per heavy atom. The third kappa shape index (κ3) is 5.73. The van der Waals surface area contributed by atoms with Crippen LogP contribution in [0.4, 0.5) is 0 Å². The van der Waals surface area contributed by atoms with Gasteiger partial charge < -0.3 is 9.80 Å². The van der Waals surface area contributed by atoms with Gasteiger partial charge >= 0.3 is 0 Å². The van der Waals surface area contributed by atoms with Crippen LogP contribution in [0.15, 0.2) is 37.1 Å². The Balaban J connectivity index is 3.98. The van der Waals surface area contributed by atoms with Crippen molar-refractivity contribution in [3.8, 4) is 0 Å². The lowest BCUT2D eigenvalue weighted by Crippen LogP contribution is -2.32. The highest BCUT2D eigenvalue weighted by Gasteiger charge is 2.04. The topological polar surface area (TPSA) is 23.6 Å². The summed E-state index contributed by atoms with van der Waals surface area (Å²) >= 11 is 0. The third-order valence-corrected chi connectivity index (χ3v) is 2.22. The summed E-state index contributed by atoms with van der Waals surface area (Å²) in [4.78, 5) is 14.6. The second-order valence-corrected chi connectivity index (χ2v) is 3.45. The van der Waals surface area contributed by atoms with Crippen LogP contribution in [-0.2, 0) is 4.79 Å². The Bertz CT molecular complexity index is 269. The first-order valence-corrected chi connectivity index (χ1v) is 4.90. The molecule has 0 aliphatic rings. The Morgan fingerprint density at radius 1 is 1.27 bits per heavy atom. The van der Waals surface area contributed by atoms with Crippen molar-refractivity contribution in [1.82, 2.24) is 9.80 Å². The Morgan fingerprint density at radius 2 is 1.80 bits per heavy atom. The van der Waals surface area contributed by atoms with Crippen molar-refractivity contribution in [2.45, 2.75) is 6.92 Å². The summed E-state index contributed by atoms with van der Waals surface area (Å²) in [7, 11) is 3.74. The fourth-order valence-corrected chi connectivity index (χ4v) is 0.907. The van der Waals surface area contributed by atoms with Crippen molar-refractivity contribution >= 4 is 5.91 Å². The molecule has 0 spiro atoms. The average Bonchev–Trinajstić information content (AvgIpc) is 2.21. The van der Waals surface area contributed by atoms with Gasteiger partial charge in [0.15, 0.2) is 0 Å². The van der Waals surface area contributed by atoms with E-state index in [1.807, 2.05) is 24.1 Å². The van der Waals surface area contributed by atoms with Gasteiger partial charge in [-0.15, -0.1) is 0 Å². The molecule has 0 heterocycles. The van der Waals surface area contributed by atoms with Crippen molar-refractivity contribution in [3.63, 3.8) is 0 Å². The van der Waals surface area contributed by atoms with E-state index in [1.165, 1.54) is 0 Å². The number of rotatable bonds is 6. The zero-order valence-electron chi connectivity index (χ0n) is 9.86. The van der Waals surface area contributed by atoms with E-state index in [-0.39, 0.29) is 5.91 Å². The van der Waals surface area contributed by atoms with Gasteiger partial charge in [0.2, 0.25) is 5.91 Å². The summed E-state index contributed by atoms with van der Waals surface area (Å²) in [6.07, 6.45) is 5.44. The molecule has 3 heteroatoms. The van der Waals surface area contributed by atoms with Gasteiger partial charge in [-0.25, -0.2) is 0 Å². The lowest BCUT2D eigenvalue weighted by Gasteiger charge is -2.23. The van der Waals surface area contributed by atoms with Crippen LogP contribution in [0.1, 0.15) is 6.92 Å². The van der Waals surface area contributed by atoms with Crippen molar-refractivity contribution in [1.29, 1.82) is 0 Å². The van der Waals surface area contributed by atoms with E-state index in [2.05, 4.69) is 13.2 Å². The number of hydrogen-bond donors (Lipinski definition) is 0. The van der Waals surface area contributed by atoms with Crippen molar-refractivity contribution < 1.29 is 4.79 Å². The maximum absolute atomic E-state index is 11.0. The monoisotopic (exact) mass is 208 g/mol. The fourth-order valence-electron chi connectivity index (χ4n) is 0.907. The minimum absolute atomic E-state index is 0.0793. The maximum atomic E-state index is 11.0. The first-order chi connectivity index (χ1) is 6.99. The van der Waals surface area contributed by atoms with Crippen LogP contribution in [0.3, 0.4) is 0 Å². The van der Waals surface area contributed by atoms with Crippen LogP contribution in [-0.4, -0.2) is 42.9 Å². The quantitative estimate of drug-likeness (QED) is 0.620. The van der Waals surface area contributed by atoms with Crippen molar-refractivity contribution in [2.24, 2.45) is 0 Å². The number of carbonyl (C=O) groups excluding carboxylic acids is 1. The summed E-state index contributed by atoms with van der Waals surface area (Å²) in [5, 5.41) is 0. The third-order valence-electron chi connectivity index (χ3n) is 2.22. The average molecular weight is 208 g/mol. The van der Waals surface area contributed by atoms with E-state index < -0.39 is 0 Å². The summed E-state index contributed by atoms with van der Waals surface area (Å²) in [6, 6.07) is 0. The molecular formula is C12H20N2O. The number of nitrogens with zero attached hydrogens (tertiary/aromatic N) is 2. The highest BCUT2D eigenvalue weighted by Crippen LogP contribution is 2.00. The van der Waals surface area contributed by atoms with Gasteiger partial charge in [-0.2, -0.15) is 0 Å². The van der Waals surface area contributed by atoms with E-state index in [9.17, 15) is 4.79 Å². The van der Waals surface area contributed by atoms with Crippen LogP contribution < -0.4 is 0 Å². The van der Waals surface area contributed by atoms with Crippen LogP contribution in [0.5, 0.6) is 0 Å². The van der Waals surface area contributed by atoms with Gasteiger partial charge in [0.25, 0.3) is 0 Å². The molecule has 0 bridgehead atoms. The second kappa shape index (κ2) is 6.87. The van der Waals surface area contributed by atoms with Crippen LogP contribution in [0, 0.1) is 0 Å². The zero-order valence-corrected chi connectivity index (χ0v) is 9.86. The molecule has 0 aliphatic carbocycles. The molecule has 0 unspecified atom stereocenters. The maximum Gasteiger partial charge on any atom is 0.219 e. The van der Waals surface area contributed by atoms with E-state index in [4.69, 9.17) is 0 Å². The highest BCUT2D eigenvalue weighted by molar-refractivity contribution is 5.72. The van der Waals surface area contributed by atoms with Crippen LogP contribution in [0.25, 0.3) is 0 Å². The Labute approximate surface area is 92.4 Å². The lowest BCUT2D eigenvalue weighted by molar-refractivity contribution is -0.127. The molecule has 0 aromatic heterocycles. The summed E-state index contributed by atoms with van der Waals surface area (Å²) in [6.45, 7) is 10.5. The molecule has 15 heavy (non-hydrogen) atoms. The van der Waals surface area contributed by atoms with Crippen LogP contribution >= 0.6 is 0 Å². The molecule has 84 valence electrons. The predicted molar refractivity (Wildman–Crippen MR) is 64.4 cm³/mol. The van der Waals surface area contributed by atoms with Gasteiger partial charge in [-0.05, 0) is 6.08 Å². The normalized spacial score (nSPS) is 10.1. The number of carbonyl (C=O) groups is 1. The Hall–Kier alpha value is -1.51. The van der Waals surface area contributed by atoms with Gasteiger partial charge in [0.05, 0.1) is 0 Å². The number of likely N-dealkylation sites (N-methyl/N-ethyl adjacent to an activating group) is 2. The molecule has 0 fully saturated rings. The smallest absolute Gasteiger partial charge is 0.219 e. The highest BCUT2D eigenvalue weighted by atomic mass is 16.2. The molecule has 0 saturated heterocycles. The van der Waals surface area contributed by atoms with Crippen molar-refractivity contribution in [2.75, 3.05) is 27.2 Å². The largest absolute Gasteiger partial charge is 0.373 e. The van der Waals surface area contributed by atoms with E-state index in [0.717, 1.165) is 12.2 Å². The summed E-state index contributed by atoms with van der Waals surface area (Å²) in [5.74, 6) is 0.0793. The molecule has 0 aromatic carbocycles. The fraction of sp³-hybridized carbons (Fsp3) is 0.417. The molecule has 0 aromatic rings. The molecule has 1 amide bonds. The molecule has 0 saturated carbocycles. The first-order valence-electron chi connectivity index (χ1n) is 4.90. The minimum atomic E-state index is 0.0793. The predicted octanol–water partition coefficient (Wildman–Crippen LogP) is 1.65. The van der Waals surface area contributed by atoms with Gasteiger partial charge in [0.1, 0.15) is 0 Å². The molecule has 0 aliphatic heterocycles. The molecule has 0 atom stereocenters. The number of allylic oxidation sites excluding steroid dienone is 3. The standard InChI is InChI=1S/C12H20N2O/c1-6-7-8-11(2)13(4)9-10-14(5)12(3)15/h6-8H,1-2,9-10H2,3-5H3/b8-7-. The van der Waals surface area contributed by atoms with Crippen molar-refractivity contribution in [3.05, 3.63) is 37.1 Å². The Kier molecular flexibility index (Phi) is 6.18. The molecule has 3 nitrogen and oxygen atoms in total. The minimum Gasteiger partial charge on any atom is -0.373 e. The van der Waals surface area contributed by atoms with E-state index >= 15 is 0 Å². The zero-order chi connectivity index (χ0) is 11.8. The first kappa shape index (κ1) is 13.5. The summed E-state index contributed by atoms with van der Waals surface area (Å²) in [5.41, 5.74) is 0.909. The van der Waals surface area contributed by atoms with Gasteiger partial charge in [-0.1, -0.05) is 25.3 Å². The molecule has 0 radical (unpaired) electrons. The summed E-state index contributed by atoms with van der Waals surface area (Å²) < 4.78 is 0. The van der Waals surface area contributed by atoms with E-state index in [0.29, 0.717) is 6.54 Å². The molecular weight excluding hydrogens is 188 g/mol. The molecule has 0 rings (SSSR count). The van der Waals surface area contributed by atoms with E-state index in [1.54, 1.807) is 24.9 Å². The van der Waals surface area contributed by atoms with Gasteiger partial charge in [0, 0.05) is 39.8 Å². The lowest BCUT2D eigenvalue weighted by atomic mass is 10.3. The molecule has 0 N–H and O–H groups in total. The second-order valence-electron chi connectivity index (χ2n) is 3.45.